The Labute approximate surface area is 183 Å². The first-order chi connectivity index (χ1) is 15.1. The molecule has 0 saturated heterocycles. The van der Waals surface area contributed by atoms with E-state index in [1.54, 1.807) is 6.07 Å². The van der Waals surface area contributed by atoms with Crippen LogP contribution >= 0.6 is 0 Å². The third-order valence-corrected chi connectivity index (χ3v) is 5.97. The highest BCUT2D eigenvalue weighted by atomic mass is 16.5. The average molecular weight is 411 g/mol. The van der Waals surface area contributed by atoms with E-state index in [0.29, 0.717) is 23.3 Å². The maximum atomic E-state index is 13.1. The molecule has 3 aromatic rings. The summed E-state index contributed by atoms with van der Waals surface area (Å²) in [6, 6.07) is 25.5. The molecule has 0 fully saturated rings. The molecule has 0 bridgehead atoms. The number of Topliss-reactive ketones (excluding diaryl/α,β-unsaturated/α-hetero) is 1. The van der Waals surface area contributed by atoms with Gasteiger partial charge in [-0.05, 0) is 66.8 Å². The minimum atomic E-state index is -0.454. The summed E-state index contributed by atoms with van der Waals surface area (Å²) in [7, 11) is 0. The number of carbonyl (C=O) groups excluding carboxylic acids is 1. The Hall–Kier alpha value is -3.58. The summed E-state index contributed by atoms with van der Waals surface area (Å²) in [5.41, 5.74) is 3.73. The first-order valence-electron chi connectivity index (χ1n) is 10.8. The third-order valence-electron chi connectivity index (χ3n) is 5.97. The molecule has 4 heteroatoms. The number of fused-ring (bicyclic) bond motifs is 1. The van der Waals surface area contributed by atoms with Crippen LogP contribution < -0.4 is 10.1 Å². The Bertz CT molecular complexity index is 1120. The molecule has 0 aliphatic carbocycles. The summed E-state index contributed by atoms with van der Waals surface area (Å²) in [5.74, 6) is 0.784. The first kappa shape index (κ1) is 20.7. The number of hydrogen-bond acceptors (Lipinski definition) is 4. The highest BCUT2D eigenvalue weighted by Gasteiger charge is 2.38. The summed E-state index contributed by atoms with van der Waals surface area (Å²) in [5, 5.41) is 12.6. The molecule has 4 rings (SSSR count). The predicted octanol–water partition coefficient (Wildman–Crippen LogP) is 6.23. The second-order valence-electron chi connectivity index (χ2n) is 8.04. The number of nitriles is 1. The fourth-order valence-electron chi connectivity index (χ4n) is 4.15. The Morgan fingerprint density at radius 3 is 2.61 bits per heavy atom. The fraction of sp³-hybridized carbons (Fsp3) is 0.259. The quantitative estimate of drug-likeness (QED) is 0.469. The predicted molar refractivity (Wildman–Crippen MR) is 123 cm³/mol. The largest absolute Gasteiger partial charge is 0.486 e. The first-order valence-corrected chi connectivity index (χ1v) is 10.8. The molecule has 0 spiro atoms. The minimum absolute atomic E-state index is 0.123. The molecule has 0 amide bonds. The van der Waals surface area contributed by atoms with Crippen molar-refractivity contribution in [1.29, 1.82) is 5.26 Å². The fourth-order valence-corrected chi connectivity index (χ4v) is 4.15. The summed E-state index contributed by atoms with van der Waals surface area (Å²) in [4.78, 5) is 13.1. The maximum Gasteiger partial charge on any atom is 0.170 e. The lowest BCUT2D eigenvalue weighted by Gasteiger charge is -2.37. The number of rotatable bonds is 7. The molecule has 1 heterocycles. The number of benzene rings is 3. The monoisotopic (exact) mass is 410 g/mol. The van der Waals surface area contributed by atoms with E-state index >= 15 is 0 Å². The molecule has 0 saturated carbocycles. The standard InChI is InChI=1S/C27H26N2O2/c1-2-27(14-7-15-29-23-10-4-3-5-11-23)18-25(30)24-17-22(12-13-26(24)31-27)21-9-6-8-20(16-21)19-28/h3-6,8-13,16-17,29H,2,7,14-15,18H2,1H3. The van der Waals surface area contributed by atoms with Crippen molar-refractivity contribution in [2.24, 2.45) is 0 Å². The summed E-state index contributed by atoms with van der Waals surface area (Å²) in [6.45, 7) is 2.93. The summed E-state index contributed by atoms with van der Waals surface area (Å²) >= 11 is 0. The zero-order valence-electron chi connectivity index (χ0n) is 17.7. The number of para-hydroxylation sites is 1. The van der Waals surface area contributed by atoms with E-state index in [1.807, 2.05) is 54.6 Å². The zero-order chi connectivity index (χ0) is 21.7. The van der Waals surface area contributed by atoms with E-state index in [-0.39, 0.29) is 5.78 Å². The molecule has 1 aliphatic rings. The van der Waals surface area contributed by atoms with Gasteiger partial charge < -0.3 is 10.1 Å². The van der Waals surface area contributed by atoms with Crippen molar-refractivity contribution in [3.63, 3.8) is 0 Å². The van der Waals surface area contributed by atoms with Gasteiger partial charge in [0, 0.05) is 12.2 Å². The molecule has 156 valence electrons. The minimum Gasteiger partial charge on any atom is -0.486 e. The van der Waals surface area contributed by atoms with Gasteiger partial charge in [0.15, 0.2) is 5.78 Å². The second kappa shape index (κ2) is 9.06. The molecule has 0 aromatic heterocycles. The zero-order valence-corrected chi connectivity index (χ0v) is 17.7. The number of ketones is 1. The van der Waals surface area contributed by atoms with E-state index in [4.69, 9.17) is 10.00 Å². The van der Waals surface area contributed by atoms with Gasteiger partial charge in [-0.2, -0.15) is 5.26 Å². The van der Waals surface area contributed by atoms with Gasteiger partial charge in [-0.25, -0.2) is 0 Å². The number of nitrogens with zero attached hydrogens (tertiary/aromatic N) is 1. The highest BCUT2D eigenvalue weighted by Crippen LogP contribution is 2.39. The molecule has 31 heavy (non-hydrogen) atoms. The number of ether oxygens (including phenoxy) is 1. The number of nitrogens with one attached hydrogen (secondary N) is 1. The van der Waals surface area contributed by atoms with E-state index in [1.165, 1.54) is 0 Å². The van der Waals surface area contributed by atoms with Crippen molar-refractivity contribution in [3.8, 4) is 22.9 Å². The highest BCUT2D eigenvalue weighted by molar-refractivity contribution is 6.01. The third kappa shape index (κ3) is 4.62. The van der Waals surface area contributed by atoms with Gasteiger partial charge in [-0.3, -0.25) is 4.79 Å². The van der Waals surface area contributed by atoms with Crippen LogP contribution in [0.15, 0.2) is 72.8 Å². The van der Waals surface area contributed by atoms with Crippen LogP contribution in [0.25, 0.3) is 11.1 Å². The van der Waals surface area contributed by atoms with Gasteiger partial charge in [0.25, 0.3) is 0 Å². The van der Waals surface area contributed by atoms with Crippen LogP contribution in [0.3, 0.4) is 0 Å². The van der Waals surface area contributed by atoms with E-state index < -0.39 is 5.60 Å². The molecule has 1 aliphatic heterocycles. The normalized spacial score (nSPS) is 17.4. The topological polar surface area (TPSA) is 62.1 Å². The molecular formula is C27H26N2O2. The van der Waals surface area contributed by atoms with Crippen LogP contribution in [-0.2, 0) is 0 Å². The molecular weight excluding hydrogens is 384 g/mol. The lowest BCUT2D eigenvalue weighted by Crippen LogP contribution is -2.41. The van der Waals surface area contributed by atoms with Crippen molar-refractivity contribution in [1.82, 2.24) is 0 Å². The Morgan fingerprint density at radius 1 is 1.03 bits per heavy atom. The van der Waals surface area contributed by atoms with E-state index in [2.05, 4.69) is 30.4 Å². The van der Waals surface area contributed by atoms with Crippen LogP contribution in [-0.4, -0.2) is 17.9 Å². The molecule has 0 radical (unpaired) electrons. The van der Waals surface area contributed by atoms with Gasteiger partial charge in [0.2, 0.25) is 0 Å². The van der Waals surface area contributed by atoms with Gasteiger partial charge in [-0.15, -0.1) is 0 Å². The van der Waals surface area contributed by atoms with Gasteiger partial charge in [0.1, 0.15) is 11.4 Å². The van der Waals surface area contributed by atoms with Crippen LogP contribution in [0.1, 0.15) is 48.5 Å². The number of hydrogen-bond donors (Lipinski definition) is 1. The smallest absolute Gasteiger partial charge is 0.170 e. The number of anilines is 1. The SMILES string of the molecule is CCC1(CCCNc2ccccc2)CC(=O)c2cc(-c3cccc(C#N)c3)ccc2O1. The summed E-state index contributed by atoms with van der Waals surface area (Å²) in [6.07, 6.45) is 2.92. The summed E-state index contributed by atoms with van der Waals surface area (Å²) < 4.78 is 6.43. The molecule has 1 N–H and O–H groups in total. The average Bonchev–Trinajstić information content (AvgIpc) is 2.82. The van der Waals surface area contributed by atoms with Crippen LogP contribution in [0, 0.1) is 11.3 Å². The lowest BCUT2D eigenvalue weighted by atomic mass is 9.83. The van der Waals surface area contributed by atoms with E-state index in [0.717, 1.165) is 42.6 Å². The van der Waals surface area contributed by atoms with Crippen molar-refractivity contribution < 1.29 is 9.53 Å². The molecule has 4 nitrogen and oxygen atoms in total. The van der Waals surface area contributed by atoms with Gasteiger partial charge >= 0.3 is 0 Å². The van der Waals surface area contributed by atoms with Gasteiger partial charge in [-0.1, -0.05) is 43.3 Å². The maximum absolute atomic E-state index is 13.1. The molecule has 3 aromatic carbocycles. The van der Waals surface area contributed by atoms with Crippen LogP contribution in [0.5, 0.6) is 5.75 Å². The van der Waals surface area contributed by atoms with Crippen LogP contribution in [0.4, 0.5) is 5.69 Å². The second-order valence-corrected chi connectivity index (χ2v) is 8.04. The Kier molecular flexibility index (Phi) is 6.04. The van der Waals surface area contributed by atoms with E-state index in [9.17, 15) is 4.79 Å². The lowest BCUT2D eigenvalue weighted by molar-refractivity contribution is 0.0308. The Balaban J connectivity index is 1.47. The Morgan fingerprint density at radius 2 is 1.84 bits per heavy atom. The van der Waals surface area contributed by atoms with Crippen LogP contribution in [0.2, 0.25) is 0 Å². The molecule has 1 unspecified atom stereocenters. The number of carbonyl (C=O) groups is 1. The molecule has 1 atom stereocenters. The van der Waals surface area contributed by atoms with Crippen molar-refractivity contribution in [3.05, 3.63) is 83.9 Å². The van der Waals surface area contributed by atoms with Crippen molar-refractivity contribution >= 4 is 11.5 Å². The van der Waals surface area contributed by atoms with Gasteiger partial charge in [0.05, 0.1) is 23.6 Å². The van der Waals surface area contributed by atoms with Crippen molar-refractivity contribution in [2.45, 2.75) is 38.2 Å². The van der Waals surface area contributed by atoms with Crippen molar-refractivity contribution in [2.75, 3.05) is 11.9 Å².